The number of nitrogens with one attached hydrogen (secondary N) is 1. The number of nitro groups is 1. The number of nitrogens with zero attached hydrogens (tertiary/aromatic N) is 3. The predicted molar refractivity (Wildman–Crippen MR) is 108 cm³/mol. The van der Waals surface area contributed by atoms with E-state index in [4.69, 9.17) is 0 Å². The maximum absolute atomic E-state index is 12.6. The van der Waals surface area contributed by atoms with E-state index >= 15 is 0 Å². The maximum Gasteiger partial charge on any atom is 0.293 e. The quantitative estimate of drug-likeness (QED) is 0.641. The molecule has 0 unspecified atom stereocenters. The molecule has 0 radical (unpaired) electrons. The van der Waals surface area contributed by atoms with Crippen molar-refractivity contribution in [2.45, 2.75) is 19.8 Å². The fourth-order valence-corrected chi connectivity index (χ4v) is 3.44. The molecule has 0 spiro atoms. The van der Waals surface area contributed by atoms with Crippen LogP contribution >= 0.6 is 0 Å². The zero-order valence-corrected chi connectivity index (χ0v) is 15.9. The fourth-order valence-electron chi connectivity index (χ4n) is 3.44. The Kier molecular flexibility index (Phi) is 5.30. The number of benzene rings is 2. The molecule has 0 bridgehead atoms. The third kappa shape index (κ3) is 4.02. The number of anilines is 3. The van der Waals surface area contributed by atoms with Crippen molar-refractivity contribution in [2.75, 3.05) is 42.3 Å². The van der Waals surface area contributed by atoms with Gasteiger partial charge in [-0.25, -0.2) is 0 Å². The van der Waals surface area contributed by atoms with Gasteiger partial charge in [0.2, 0.25) is 0 Å². The lowest BCUT2D eigenvalue weighted by atomic mass is 10.1. The molecule has 0 saturated carbocycles. The lowest BCUT2D eigenvalue weighted by Crippen LogP contribution is -2.19. The minimum absolute atomic E-state index is 0.0896. The molecular weight excluding hydrogens is 344 g/mol. The van der Waals surface area contributed by atoms with Gasteiger partial charge in [0.15, 0.2) is 0 Å². The molecule has 1 amide bonds. The summed E-state index contributed by atoms with van der Waals surface area (Å²) in [4.78, 5) is 27.4. The Morgan fingerprint density at radius 1 is 1.15 bits per heavy atom. The second-order valence-electron chi connectivity index (χ2n) is 7.00. The van der Waals surface area contributed by atoms with Crippen molar-refractivity contribution in [3.63, 3.8) is 0 Å². The van der Waals surface area contributed by atoms with E-state index in [1.54, 1.807) is 31.1 Å². The third-order valence-electron chi connectivity index (χ3n) is 4.82. The van der Waals surface area contributed by atoms with Gasteiger partial charge in [-0.05, 0) is 55.7 Å². The standard InChI is InChI=1S/C20H24N4O3/c1-14-12-16(7-9-17(14)23-10-4-5-11-23)21-20(25)15-6-8-18(22(2)3)19(13-15)24(26)27/h6-9,12-13H,4-5,10-11H2,1-3H3,(H,21,25). The zero-order chi connectivity index (χ0) is 19.6. The van der Waals surface area contributed by atoms with Gasteiger partial charge in [-0.3, -0.25) is 14.9 Å². The second kappa shape index (κ2) is 7.65. The predicted octanol–water partition coefficient (Wildman–Crippen LogP) is 3.82. The van der Waals surface area contributed by atoms with Crippen molar-refractivity contribution >= 4 is 28.7 Å². The SMILES string of the molecule is Cc1cc(NC(=O)c2ccc(N(C)C)c([N+](=O)[O-])c2)ccc1N1CCCC1. The van der Waals surface area contributed by atoms with Crippen LogP contribution in [0, 0.1) is 17.0 Å². The molecular formula is C20H24N4O3. The average molecular weight is 368 g/mol. The summed E-state index contributed by atoms with van der Waals surface area (Å²) in [6.07, 6.45) is 2.42. The molecule has 1 fully saturated rings. The van der Waals surface area contributed by atoms with Crippen LogP contribution < -0.4 is 15.1 Å². The van der Waals surface area contributed by atoms with E-state index in [2.05, 4.69) is 10.2 Å². The van der Waals surface area contributed by atoms with Gasteiger partial charge in [0, 0.05) is 50.2 Å². The molecule has 0 aromatic heterocycles. The van der Waals surface area contributed by atoms with Gasteiger partial charge in [-0.15, -0.1) is 0 Å². The number of aryl methyl sites for hydroxylation is 1. The Labute approximate surface area is 158 Å². The smallest absolute Gasteiger partial charge is 0.293 e. The largest absolute Gasteiger partial charge is 0.372 e. The monoisotopic (exact) mass is 368 g/mol. The lowest BCUT2D eigenvalue weighted by Gasteiger charge is -2.20. The van der Waals surface area contributed by atoms with Gasteiger partial charge in [-0.2, -0.15) is 0 Å². The number of hydrogen-bond donors (Lipinski definition) is 1. The molecule has 1 heterocycles. The van der Waals surface area contributed by atoms with Crippen LogP contribution in [0.3, 0.4) is 0 Å². The lowest BCUT2D eigenvalue weighted by molar-refractivity contribution is -0.384. The molecule has 1 aliphatic rings. The molecule has 0 aliphatic carbocycles. The first-order valence-electron chi connectivity index (χ1n) is 8.99. The Bertz CT molecular complexity index is 874. The van der Waals surface area contributed by atoms with E-state index in [-0.39, 0.29) is 17.2 Å². The Morgan fingerprint density at radius 2 is 1.85 bits per heavy atom. The highest BCUT2D eigenvalue weighted by atomic mass is 16.6. The zero-order valence-electron chi connectivity index (χ0n) is 15.9. The number of carbonyl (C=O) groups excluding carboxylic acids is 1. The molecule has 1 N–H and O–H groups in total. The summed E-state index contributed by atoms with van der Waals surface area (Å²) < 4.78 is 0. The minimum atomic E-state index is -0.471. The Hall–Kier alpha value is -3.09. The van der Waals surface area contributed by atoms with Crippen molar-refractivity contribution in [2.24, 2.45) is 0 Å². The molecule has 2 aromatic carbocycles. The maximum atomic E-state index is 12.6. The molecule has 0 atom stereocenters. The highest BCUT2D eigenvalue weighted by Crippen LogP contribution is 2.29. The Morgan fingerprint density at radius 3 is 2.44 bits per heavy atom. The van der Waals surface area contributed by atoms with Gasteiger partial charge in [0.25, 0.3) is 11.6 Å². The molecule has 142 valence electrons. The summed E-state index contributed by atoms with van der Waals surface area (Å²) >= 11 is 0. The van der Waals surface area contributed by atoms with Crippen molar-refractivity contribution < 1.29 is 9.72 Å². The van der Waals surface area contributed by atoms with Crippen LogP contribution in [-0.2, 0) is 0 Å². The molecule has 3 rings (SSSR count). The van der Waals surface area contributed by atoms with E-state index in [1.807, 2.05) is 25.1 Å². The molecule has 1 aliphatic heterocycles. The summed E-state index contributed by atoms with van der Waals surface area (Å²) in [6, 6.07) is 10.3. The first kappa shape index (κ1) is 18.7. The number of amides is 1. The van der Waals surface area contributed by atoms with Gasteiger partial charge in [0.1, 0.15) is 5.69 Å². The van der Waals surface area contributed by atoms with Crippen molar-refractivity contribution in [1.82, 2.24) is 0 Å². The minimum Gasteiger partial charge on any atom is -0.372 e. The Balaban J connectivity index is 1.80. The number of hydrogen-bond acceptors (Lipinski definition) is 5. The first-order chi connectivity index (χ1) is 12.9. The summed E-state index contributed by atoms with van der Waals surface area (Å²) in [7, 11) is 3.46. The second-order valence-corrected chi connectivity index (χ2v) is 7.00. The normalized spacial score (nSPS) is 13.5. The van der Waals surface area contributed by atoms with Crippen LogP contribution in [-0.4, -0.2) is 38.0 Å². The van der Waals surface area contributed by atoms with Crippen molar-refractivity contribution in [3.05, 3.63) is 57.6 Å². The molecule has 2 aromatic rings. The average Bonchev–Trinajstić information content (AvgIpc) is 3.15. The number of rotatable bonds is 5. The van der Waals surface area contributed by atoms with E-state index in [0.29, 0.717) is 11.4 Å². The van der Waals surface area contributed by atoms with E-state index < -0.39 is 4.92 Å². The molecule has 7 nitrogen and oxygen atoms in total. The van der Waals surface area contributed by atoms with Crippen LogP contribution in [0.15, 0.2) is 36.4 Å². The van der Waals surface area contributed by atoms with Crippen LogP contribution in [0.4, 0.5) is 22.7 Å². The van der Waals surface area contributed by atoms with Crippen LogP contribution in [0.25, 0.3) is 0 Å². The summed E-state index contributed by atoms with van der Waals surface area (Å²) in [6.45, 7) is 4.16. The van der Waals surface area contributed by atoms with Gasteiger partial charge in [-0.1, -0.05) is 0 Å². The van der Waals surface area contributed by atoms with E-state index in [0.717, 1.165) is 18.7 Å². The summed E-state index contributed by atoms with van der Waals surface area (Å²) in [5.74, 6) is -0.364. The topological polar surface area (TPSA) is 78.7 Å². The molecule has 27 heavy (non-hydrogen) atoms. The van der Waals surface area contributed by atoms with Crippen molar-refractivity contribution in [1.29, 1.82) is 0 Å². The third-order valence-corrected chi connectivity index (χ3v) is 4.82. The van der Waals surface area contributed by atoms with E-state index in [9.17, 15) is 14.9 Å². The van der Waals surface area contributed by atoms with Crippen LogP contribution in [0.1, 0.15) is 28.8 Å². The highest BCUT2D eigenvalue weighted by Gasteiger charge is 2.19. The van der Waals surface area contributed by atoms with E-state index in [1.165, 1.54) is 24.6 Å². The summed E-state index contributed by atoms with van der Waals surface area (Å²) in [5, 5.41) is 14.1. The number of carbonyl (C=O) groups is 1. The van der Waals surface area contributed by atoms with Gasteiger partial charge in [0.05, 0.1) is 4.92 Å². The highest BCUT2D eigenvalue weighted by molar-refractivity contribution is 6.05. The fraction of sp³-hybridized carbons (Fsp3) is 0.350. The molecule has 1 saturated heterocycles. The van der Waals surface area contributed by atoms with Crippen LogP contribution in [0.2, 0.25) is 0 Å². The van der Waals surface area contributed by atoms with Gasteiger partial charge < -0.3 is 15.1 Å². The summed E-state index contributed by atoms with van der Waals surface area (Å²) in [5.41, 5.74) is 3.60. The molecule has 7 heteroatoms. The number of nitro benzene ring substituents is 1. The first-order valence-corrected chi connectivity index (χ1v) is 8.99. The van der Waals surface area contributed by atoms with Crippen LogP contribution in [0.5, 0.6) is 0 Å². The van der Waals surface area contributed by atoms with Crippen molar-refractivity contribution in [3.8, 4) is 0 Å². The van der Waals surface area contributed by atoms with Gasteiger partial charge >= 0.3 is 0 Å².